The van der Waals surface area contributed by atoms with Crippen LogP contribution >= 0.6 is 0 Å². The Morgan fingerprint density at radius 2 is 2.04 bits per heavy atom. The lowest BCUT2D eigenvalue weighted by molar-refractivity contribution is -0.118. The molecule has 0 bridgehead atoms. The Labute approximate surface area is 138 Å². The summed E-state index contributed by atoms with van der Waals surface area (Å²) in [7, 11) is 0. The van der Waals surface area contributed by atoms with E-state index in [2.05, 4.69) is 15.3 Å². The zero-order valence-corrected chi connectivity index (χ0v) is 13.0. The van der Waals surface area contributed by atoms with E-state index in [0.717, 1.165) is 17.0 Å². The van der Waals surface area contributed by atoms with Crippen LogP contribution in [-0.4, -0.2) is 22.5 Å². The van der Waals surface area contributed by atoms with Gasteiger partial charge in [-0.05, 0) is 43.3 Å². The molecule has 1 heterocycles. The standard InChI is InChI=1S/C18H16FN3O2/c1-12-18(21-11-20-12)13-3-2-4-15(9-13)22-17(23)10-24-16-7-5-14(19)6-8-16/h2-9,11H,10H2,1H3,(H,20,21)(H,22,23). The van der Waals surface area contributed by atoms with Crippen molar-refractivity contribution in [2.45, 2.75) is 6.92 Å². The number of amides is 1. The molecule has 0 radical (unpaired) electrons. The molecule has 0 atom stereocenters. The Morgan fingerprint density at radius 3 is 2.75 bits per heavy atom. The average Bonchev–Trinajstić information content (AvgIpc) is 3.01. The first kappa shape index (κ1) is 15.7. The molecule has 122 valence electrons. The second-order valence-electron chi connectivity index (χ2n) is 5.25. The van der Waals surface area contributed by atoms with Crippen LogP contribution in [-0.2, 0) is 4.79 Å². The number of ether oxygens (including phenoxy) is 1. The highest BCUT2D eigenvalue weighted by atomic mass is 19.1. The van der Waals surface area contributed by atoms with E-state index >= 15 is 0 Å². The molecule has 0 saturated carbocycles. The van der Waals surface area contributed by atoms with Gasteiger partial charge in [0.15, 0.2) is 6.61 Å². The first-order chi connectivity index (χ1) is 11.6. The number of aryl methyl sites for hydroxylation is 1. The van der Waals surface area contributed by atoms with Crippen molar-refractivity contribution in [2.24, 2.45) is 0 Å². The maximum absolute atomic E-state index is 12.8. The fraction of sp³-hybridized carbons (Fsp3) is 0.111. The second kappa shape index (κ2) is 6.95. The highest BCUT2D eigenvalue weighted by Crippen LogP contribution is 2.23. The van der Waals surface area contributed by atoms with Crippen molar-refractivity contribution in [3.8, 4) is 17.0 Å². The van der Waals surface area contributed by atoms with Crippen molar-refractivity contribution in [2.75, 3.05) is 11.9 Å². The van der Waals surface area contributed by atoms with Gasteiger partial charge in [0.05, 0.1) is 12.0 Å². The molecule has 1 aromatic heterocycles. The topological polar surface area (TPSA) is 67.0 Å². The lowest BCUT2D eigenvalue weighted by Gasteiger charge is -2.08. The lowest BCUT2D eigenvalue weighted by Crippen LogP contribution is -2.20. The number of anilines is 1. The van der Waals surface area contributed by atoms with Crippen molar-refractivity contribution < 1.29 is 13.9 Å². The quantitative estimate of drug-likeness (QED) is 0.754. The molecular weight excluding hydrogens is 309 g/mol. The molecule has 24 heavy (non-hydrogen) atoms. The number of carbonyl (C=O) groups is 1. The van der Waals surface area contributed by atoms with Gasteiger partial charge in [-0.1, -0.05) is 12.1 Å². The van der Waals surface area contributed by atoms with E-state index in [0.29, 0.717) is 11.4 Å². The summed E-state index contributed by atoms with van der Waals surface area (Å²) in [6, 6.07) is 12.9. The van der Waals surface area contributed by atoms with E-state index in [9.17, 15) is 9.18 Å². The van der Waals surface area contributed by atoms with E-state index < -0.39 is 0 Å². The SMILES string of the molecule is Cc1[nH]cnc1-c1cccc(NC(=O)COc2ccc(F)cc2)c1. The number of aromatic amines is 1. The van der Waals surface area contributed by atoms with Crippen molar-refractivity contribution in [1.29, 1.82) is 0 Å². The summed E-state index contributed by atoms with van der Waals surface area (Å²) in [4.78, 5) is 19.3. The molecule has 0 aliphatic carbocycles. The van der Waals surface area contributed by atoms with Gasteiger partial charge in [-0.2, -0.15) is 0 Å². The highest BCUT2D eigenvalue weighted by Gasteiger charge is 2.08. The maximum Gasteiger partial charge on any atom is 0.262 e. The molecular formula is C18H16FN3O2. The van der Waals surface area contributed by atoms with E-state index in [4.69, 9.17) is 4.74 Å². The summed E-state index contributed by atoms with van der Waals surface area (Å²) < 4.78 is 18.1. The fourth-order valence-electron chi connectivity index (χ4n) is 2.27. The second-order valence-corrected chi connectivity index (χ2v) is 5.25. The first-order valence-electron chi connectivity index (χ1n) is 7.40. The summed E-state index contributed by atoms with van der Waals surface area (Å²) in [5, 5.41) is 2.77. The number of hydrogen-bond donors (Lipinski definition) is 2. The summed E-state index contributed by atoms with van der Waals surface area (Å²) in [6.07, 6.45) is 1.63. The molecule has 0 saturated heterocycles. The molecule has 3 rings (SSSR count). The molecule has 2 aromatic carbocycles. The van der Waals surface area contributed by atoms with E-state index in [1.807, 2.05) is 25.1 Å². The van der Waals surface area contributed by atoms with Gasteiger partial charge in [0.2, 0.25) is 0 Å². The van der Waals surface area contributed by atoms with Crippen molar-refractivity contribution in [1.82, 2.24) is 9.97 Å². The predicted molar refractivity (Wildman–Crippen MR) is 89.3 cm³/mol. The molecule has 2 N–H and O–H groups in total. The Balaban J connectivity index is 1.62. The van der Waals surface area contributed by atoms with E-state index in [1.54, 1.807) is 12.4 Å². The third-order valence-electron chi connectivity index (χ3n) is 3.43. The number of benzene rings is 2. The lowest BCUT2D eigenvalue weighted by atomic mass is 10.1. The van der Waals surface area contributed by atoms with Gasteiger partial charge in [-0.25, -0.2) is 9.37 Å². The van der Waals surface area contributed by atoms with E-state index in [-0.39, 0.29) is 18.3 Å². The minimum Gasteiger partial charge on any atom is -0.484 e. The predicted octanol–water partition coefficient (Wildman–Crippen LogP) is 3.54. The molecule has 0 aliphatic heterocycles. The Morgan fingerprint density at radius 1 is 1.25 bits per heavy atom. The molecule has 6 heteroatoms. The number of nitrogens with one attached hydrogen (secondary N) is 2. The van der Waals surface area contributed by atoms with Gasteiger partial charge in [-0.3, -0.25) is 4.79 Å². The zero-order valence-electron chi connectivity index (χ0n) is 13.0. The monoisotopic (exact) mass is 325 g/mol. The number of carbonyl (C=O) groups excluding carboxylic acids is 1. The van der Waals surface area contributed by atoms with Crippen molar-refractivity contribution in [3.63, 3.8) is 0 Å². The van der Waals surface area contributed by atoms with Gasteiger partial charge in [0, 0.05) is 16.9 Å². The van der Waals surface area contributed by atoms with Gasteiger partial charge >= 0.3 is 0 Å². The largest absolute Gasteiger partial charge is 0.484 e. The van der Waals surface area contributed by atoms with Crippen LogP contribution in [0.5, 0.6) is 5.75 Å². The minimum atomic E-state index is -0.350. The maximum atomic E-state index is 12.8. The van der Waals surface area contributed by atoms with Crippen LogP contribution in [0.3, 0.4) is 0 Å². The number of H-pyrrole nitrogens is 1. The summed E-state index contributed by atoms with van der Waals surface area (Å²) >= 11 is 0. The van der Waals surface area contributed by atoms with Gasteiger partial charge in [0.25, 0.3) is 5.91 Å². The summed E-state index contributed by atoms with van der Waals surface area (Å²) in [6.45, 7) is 1.78. The van der Waals surface area contributed by atoms with Gasteiger partial charge in [-0.15, -0.1) is 0 Å². The molecule has 5 nitrogen and oxygen atoms in total. The molecule has 1 amide bonds. The average molecular weight is 325 g/mol. The number of imidazole rings is 1. The number of rotatable bonds is 5. The van der Waals surface area contributed by atoms with E-state index in [1.165, 1.54) is 24.3 Å². The third kappa shape index (κ3) is 3.78. The molecule has 3 aromatic rings. The van der Waals surface area contributed by atoms with Crippen LogP contribution in [0.15, 0.2) is 54.9 Å². The minimum absolute atomic E-state index is 0.155. The van der Waals surface area contributed by atoms with Gasteiger partial charge in [0.1, 0.15) is 11.6 Å². The third-order valence-corrected chi connectivity index (χ3v) is 3.43. The van der Waals surface area contributed by atoms with Crippen molar-refractivity contribution >= 4 is 11.6 Å². The fourth-order valence-corrected chi connectivity index (χ4v) is 2.27. The summed E-state index contributed by atoms with van der Waals surface area (Å²) in [5.74, 6) is -0.208. The van der Waals surface area contributed by atoms with Gasteiger partial charge < -0.3 is 15.0 Å². The Bertz CT molecular complexity index is 843. The first-order valence-corrected chi connectivity index (χ1v) is 7.40. The van der Waals surface area contributed by atoms with Crippen LogP contribution in [0, 0.1) is 12.7 Å². The summed E-state index contributed by atoms with van der Waals surface area (Å²) in [5.41, 5.74) is 3.36. The molecule has 0 unspecified atom stereocenters. The van der Waals surface area contributed by atoms with Crippen LogP contribution in [0.1, 0.15) is 5.69 Å². The molecule has 0 fully saturated rings. The highest BCUT2D eigenvalue weighted by molar-refractivity contribution is 5.92. The van der Waals surface area contributed by atoms with Crippen LogP contribution in [0.2, 0.25) is 0 Å². The number of halogens is 1. The van der Waals surface area contributed by atoms with Crippen LogP contribution in [0.4, 0.5) is 10.1 Å². The van der Waals surface area contributed by atoms with Crippen LogP contribution < -0.4 is 10.1 Å². The number of aromatic nitrogens is 2. The smallest absolute Gasteiger partial charge is 0.262 e. The number of nitrogens with zero attached hydrogens (tertiary/aromatic N) is 1. The molecule has 0 spiro atoms. The Hall–Kier alpha value is -3.15. The Kier molecular flexibility index (Phi) is 4.56. The number of hydrogen-bond acceptors (Lipinski definition) is 3. The van der Waals surface area contributed by atoms with Crippen molar-refractivity contribution in [3.05, 3.63) is 66.4 Å². The normalized spacial score (nSPS) is 10.4. The molecule has 0 aliphatic rings. The van der Waals surface area contributed by atoms with Crippen LogP contribution in [0.25, 0.3) is 11.3 Å². The zero-order chi connectivity index (χ0) is 16.9.